The molecule has 0 aromatic carbocycles. The molecule has 0 bridgehead atoms. The van der Waals surface area contributed by atoms with Crippen LogP contribution < -0.4 is 0 Å². The third-order valence-electron chi connectivity index (χ3n) is 2.87. The highest BCUT2D eigenvalue weighted by Crippen LogP contribution is 2.37. The lowest BCUT2D eigenvalue weighted by Crippen LogP contribution is -2.50. The summed E-state index contributed by atoms with van der Waals surface area (Å²) in [5.41, 5.74) is 0. The van der Waals surface area contributed by atoms with Crippen LogP contribution in [0.5, 0.6) is 0 Å². The van der Waals surface area contributed by atoms with E-state index < -0.39 is 68.3 Å². The van der Waals surface area contributed by atoms with E-state index in [9.17, 15) is 35.4 Å². The van der Waals surface area contributed by atoms with Crippen LogP contribution >= 0.6 is 0 Å². The third kappa shape index (κ3) is 4.64. The predicted molar refractivity (Wildman–Crippen MR) is 66.0 cm³/mol. The molecule has 1 fully saturated rings. The fourth-order valence-corrected chi connectivity index (χ4v) is 1.62. The quantitative estimate of drug-likeness (QED) is 0.207. The van der Waals surface area contributed by atoms with Crippen LogP contribution in [0.15, 0.2) is 0 Å². The summed E-state index contributed by atoms with van der Waals surface area (Å²) in [6.45, 7) is -1.86. The molecule has 1 heterocycles. The Morgan fingerprint density at radius 1 is 1.26 bits per heavy atom. The van der Waals surface area contributed by atoms with Gasteiger partial charge in [0.2, 0.25) is 0 Å². The van der Waals surface area contributed by atoms with Crippen LogP contribution in [0.3, 0.4) is 0 Å². The first-order chi connectivity index (χ1) is 10.8. The standard InChI is InChI=1S/C12H17O11/c13-1-4(16)7(18)11(5(17)2-14)23-12-10(21)9(20)8(19)6(3-15)22-12/h1,4,6,10-11,14-21H,2-3H2/t4-,6+,10+,11+/m0/s1. The van der Waals surface area contributed by atoms with E-state index in [-0.39, 0.29) is 6.29 Å². The minimum absolute atomic E-state index is 0.0983. The Kier molecular flexibility index (Phi) is 7.89. The van der Waals surface area contributed by atoms with Crippen LogP contribution in [-0.2, 0) is 14.3 Å². The van der Waals surface area contributed by atoms with Crippen molar-refractivity contribution < 1.29 is 55.1 Å². The number of ether oxygens (including phenoxy) is 2. The van der Waals surface area contributed by atoms with Crippen molar-refractivity contribution in [1.29, 1.82) is 0 Å². The van der Waals surface area contributed by atoms with Crippen molar-refractivity contribution in [3.63, 3.8) is 0 Å². The maximum Gasteiger partial charge on any atom is 0.257 e. The monoisotopic (exact) mass is 337 g/mol. The van der Waals surface area contributed by atoms with Crippen LogP contribution in [0, 0.1) is 30.7 Å². The average Bonchev–Trinajstić information content (AvgIpc) is 2.57. The van der Waals surface area contributed by atoms with E-state index in [4.69, 9.17) is 19.7 Å². The Bertz CT molecular complexity index is 365. The lowest BCUT2D eigenvalue weighted by Gasteiger charge is -2.39. The number of aldehydes is 1. The van der Waals surface area contributed by atoms with Crippen LogP contribution in [-0.4, -0.2) is 84.8 Å². The molecular weight excluding hydrogens is 320 g/mol. The van der Waals surface area contributed by atoms with E-state index in [0.29, 0.717) is 0 Å². The maximum atomic E-state index is 10.5. The smallest absolute Gasteiger partial charge is 0.257 e. The van der Waals surface area contributed by atoms with Gasteiger partial charge in [0.1, 0.15) is 24.4 Å². The number of carbonyl (C=O) groups excluding carboxylic acids is 1. The van der Waals surface area contributed by atoms with Gasteiger partial charge in [0, 0.05) is 0 Å². The lowest BCUT2D eigenvalue weighted by atomic mass is 9.98. The topological polar surface area (TPSA) is 197 Å². The van der Waals surface area contributed by atoms with Crippen molar-refractivity contribution in [3.05, 3.63) is 30.7 Å². The SMILES string of the molecule is O=C[C@H](O)[C](O)[C@H](O[C]1O[C@H](CO)[C](O)[C](O)[C@H]1O)[C](O)CO. The highest BCUT2D eigenvalue weighted by molar-refractivity contribution is 5.59. The molecule has 0 unspecified atom stereocenters. The van der Waals surface area contributed by atoms with Gasteiger partial charge in [-0.25, -0.2) is 0 Å². The van der Waals surface area contributed by atoms with E-state index >= 15 is 0 Å². The zero-order valence-electron chi connectivity index (χ0n) is 11.6. The minimum atomic E-state index is -2.08. The molecule has 8 N–H and O–H groups in total. The summed E-state index contributed by atoms with van der Waals surface area (Å²) < 4.78 is 9.71. The molecule has 1 aliphatic rings. The Labute approximate surface area is 130 Å². The first kappa shape index (κ1) is 20.3. The Morgan fingerprint density at radius 3 is 2.35 bits per heavy atom. The molecular formula is C12H17O11. The van der Waals surface area contributed by atoms with Gasteiger partial charge in [-0.3, -0.25) is 0 Å². The molecule has 5 radical (unpaired) electrons. The second kappa shape index (κ2) is 8.94. The molecule has 0 aromatic rings. The minimum Gasteiger partial charge on any atom is -0.394 e. The fraction of sp³-hybridized carbons (Fsp3) is 0.500. The van der Waals surface area contributed by atoms with Crippen molar-refractivity contribution in [2.75, 3.05) is 13.2 Å². The number of carbonyl (C=O) groups is 1. The van der Waals surface area contributed by atoms with E-state index in [1.807, 2.05) is 0 Å². The van der Waals surface area contributed by atoms with Crippen molar-refractivity contribution >= 4 is 6.29 Å². The summed E-state index contributed by atoms with van der Waals surface area (Å²) >= 11 is 0. The van der Waals surface area contributed by atoms with Gasteiger partial charge in [-0.15, -0.1) is 0 Å². The summed E-state index contributed by atoms with van der Waals surface area (Å²) in [5, 5.41) is 74.9. The molecule has 4 atom stereocenters. The van der Waals surface area contributed by atoms with E-state index in [1.54, 1.807) is 0 Å². The molecule has 23 heavy (non-hydrogen) atoms. The first-order valence-corrected chi connectivity index (χ1v) is 6.24. The average molecular weight is 337 g/mol. The molecule has 131 valence electrons. The predicted octanol–water partition coefficient (Wildman–Crippen LogP) is -3.22. The summed E-state index contributed by atoms with van der Waals surface area (Å²) in [5.74, 6) is 0. The first-order valence-electron chi connectivity index (χ1n) is 6.24. The molecule has 0 amide bonds. The van der Waals surface area contributed by atoms with Crippen LogP contribution in [0.2, 0.25) is 0 Å². The molecule has 0 spiro atoms. The summed E-state index contributed by atoms with van der Waals surface area (Å²) in [6.07, 6.45) is -12.5. The van der Waals surface area contributed by atoms with Gasteiger partial charge in [-0.1, -0.05) is 0 Å². The van der Waals surface area contributed by atoms with Crippen molar-refractivity contribution in [2.24, 2.45) is 0 Å². The number of hydrogen-bond donors (Lipinski definition) is 8. The molecule has 11 heteroatoms. The molecule has 0 saturated carbocycles. The molecule has 0 aromatic heterocycles. The fourth-order valence-electron chi connectivity index (χ4n) is 1.62. The van der Waals surface area contributed by atoms with Gasteiger partial charge in [0.25, 0.3) is 6.29 Å². The highest BCUT2D eigenvalue weighted by atomic mass is 16.7. The lowest BCUT2D eigenvalue weighted by molar-refractivity contribution is -0.208. The van der Waals surface area contributed by atoms with Crippen LogP contribution in [0.1, 0.15) is 0 Å². The second-order valence-corrected chi connectivity index (χ2v) is 4.43. The van der Waals surface area contributed by atoms with Gasteiger partial charge in [-0.2, -0.15) is 0 Å². The van der Waals surface area contributed by atoms with Crippen molar-refractivity contribution in [3.8, 4) is 0 Å². The Hall–Kier alpha value is -0.730. The van der Waals surface area contributed by atoms with Crippen LogP contribution in [0.25, 0.3) is 0 Å². The van der Waals surface area contributed by atoms with E-state index in [1.165, 1.54) is 0 Å². The number of hydrogen-bond acceptors (Lipinski definition) is 11. The molecule has 11 nitrogen and oxygen atoms in total. The highest BCUT2D eigenvalue weighted by Gasteiger charge is 2.49. The summed E-state index contributed by atoms with van der Waals surface area (Å²) in [7, 11) is 0. The zero-order valence-corrected chi connectivity index (χ0v) is 11.6. The molecule has 1 saturated heterocycles. The number of rotatable bonds is 8. The van der Waals surface area contributed by atoms with E-state index in [0.717, 1.165) is 0 Å². The third-order valence-corrected chi connectivity index (χ3v) is 2.87. The zero-order chi connectivity index (χ0) is 17.7. The van der Waals surface area contributed by atoms with Crippen molar-refractivity contribution in [1.82, 2.24) is 0 Å². The largest absolute Gasteiger partial charge is 0.394 e. The molecule has 1 aliphatic heterocycles. The molecule has 0 aliphatic carbocycles. The van der Waals surface area contributed by atoms with Gasteiger partial charge in [-0.05, 0) is 0 Å². The maximum absolute atomic E-state index is 10.5. The number of aliphatic hydroxyl groups is 8. The normalized spacial score (nSPS) is 27.6. The van der Waals surface area contributed by atoms with Crippen LogP contribution in [0.4, 0.5) is 0 Å². The Morgan fingerprint density at radius 2 is 1.87 bits per heavy atom. The number of aliphatic hydroxyl groups excluding tert-OH is 8. The van der Waals surface area contributed by atoms with Crippen molar-refractivity contribution in [2.45, 2.75) is 24.4 Å². The second-order valence-electron chi connectivity index (χ2n) is 4.43. The van der Waals surface area contributed by atoms with E-state index in [2.05, 4.69) is 0 Å². The van der Waals surface area contributed by atoms with Gasteiger partial charge in [0.15, 0.2) is 30.7 Å². The van der Waals surface area contributed by atoms with Gasteiger partial charge in [0.05, 0.1) is 13.2 Å². The van der Waals surface area contributed by atoms with Gasteiger partial charge >= 0.3 is 0 Å². The summed E-state index contributed by atoms with van der Waals surface area (Å²) in [4.78, 5) is 10.5. The Balaban J connectivity index is 2.91. The van der Waals surface area contributed by atoms with Gasteiger partial charge < -0.3 is 55.1 Å². The summed E-state index contributed by atoms with van der Waals surface area (Å²) in [6, 6.07) is 0. The molecule has 1 rings (SSSR count).